The Kier molecular flexibility index (Phi) is 9.03. The summed E-state index contributed by atoms with van der Waals surface area (Å²) in [5.74, 6) is -2.19. The summed E-state index contributed by atoms with van der Waals surface area (Å²) >= 11 is 0. The fourth-order valence-electron chi connectivity index (χ4n) is 4.35. The SMILES string of the molecule is CC(=O)OCC1OC(Oc2ccc(/C=C3\Oc4ccccc4C3=O)cc2)C(OC(C)=O)C(OC(C)=O)C1OC(C)=O. The minimum absolute atomic E-state index is 0.166. The number of carbonyl (C=O) groups excluding carboxylic acids is 5. The molecule has 12 nitrogen and oxygen atoms in total. The van der Waals surface area contributed by atoms with Gasteiger partial charge in [-0.25, -0.2) is 0 Å². The van der Waals surface area contributed by atoms with E-state index in [1.807, 2.05) is 0 Å². The average molecular weight is 569 g/mol. The summed E-state index contributed by atoms with van der Waals surface area (Å²) in [5, 5.41) is 0. The summed E-state index contributed by atoms with van der Waals surface area (Å²) < 4.78 is 38.8. The zero-order valence-corrected chi connectivity index (χ0v) is 22.7. The predicted octanol–water partition coefficient (Wildman–Crippen LogP) is 2.76. The van der Waals surface area contributed by atoms with Gasteiger partial charge in [0.15, 0.2) is 18.0 Å². The molecule has 12 heteroatoms. The number of Topliss-reactive ketones (excluding diaryl/α,β-unsaturated/α-hetero) is 1. The molecule has 2 aliphatic heterocycles. The van der Waals surface area contributed by atoms with Gasteiger partial charge >= 0.3 is 23.9 Å². The zero-order chi connectivity index (χ0) is 29.7. The van der Waals surface area contributed by atoms with Gasteiger partial charge < -0.3 is 33.2 Å². The Labute approximate surface area is 235 Å². The van der Waals surface area contributed by atoms with Gasteiger partial charge in [0.1, 0.15) is 24.2 Å². The van der Waals surface area contributed by atoms with Crippen molar-refractivity contribution >= 4 is 35.7 Å². The van der Waals surface area contributed by atoms with Crippen molar-refractivity contribution in [3.8, 4) is 11.5 Å². The van der Waals surface area contributed by atoms with E-state index in [9.17, 15) is 24.0 Å². The first kappa shape index (κ1) is 29.3. The fraction of sp³-hybridized carbons (Fsp3) is 0.345. The number of para-hydroxylation sites is 1. The van der Waals surface area contributed by atoms with Crippen LogP contribution in [0.2, 0.25) is 0 Å². The molecule has 0 bridgehead atoms. The Hall–Kier alpha value is -4.71. The molecule has 216 valence electrons. The highest BCUT2D eigenvalue weighted by molar-refractivity contribution is 6.14. The third kappa shape index (κ3) is 7.28. The van der Waals surface area contributed by atoms with Crippen LogP contribution in [0.4, 0.5) is 0 Å². The Morgan fingerprint density at radius 3 is 2.00 bits per heavy atom. The molecule has 2 aliphatic rings. The van der Waals surface area contributed by atoms with E-state index in [-0.39, 0.29) is 23.9 Å². The molecule has 0 aliphatic carbocycles. The molecule has 0 N–H and O–H groups in total. The Bertz CT molecular complexity index is 1360. The third-order valence-corrected chi connectivity index (χ3v) is 5.95. The molecule has 41 heavy (non-hydrogen) atoms. The molecule has 2 heterocycles. The van der Waals surface area contributed by atoms with Crippen LogP contribution in [-0.2, 0) is 42.9 Å². The van der Waals surface area contributed by atoms with E-state index in [4.69, 9.17) is 33.2 Å². The lowest BCUT2D eigenvalue weighted by Gasteiger charge is -2.43. The van der Waals surface area contributed by atoms with Crippen LogP contribution in [0.25, 0.3) is 6.08 Å². The fourth-order valence-corrected chi connectivity index (χ4v) is 4.35. The Morgan fingerprint density at radius 2 is 1.39 bits per heavy atom. The van der Waals surface area contributed by atoms with Crippen LogP contribution in [0.1, 0.15) is 43.6 Å². The van der Waals surface area contributed by atoms with Gasteiger partial charge in [0.25, 0.3) is 0 Å². The van der Waals surface area contributed by atoms with Crippen LogP contribution < -0.4 is 9.47 Å². The molecule has 0 saturated carbocycles. The number of ketones is 1. The molecule has 0 amide bonds. The van der Waals surface area contributed by atoms with E-state index in [0.717, 1.165) is 20.8 Å². The Balaban J connectivity index is 1.59. The van der Waals surface area contributed by atoms with Crippen LogP contribution in [0.5, 0.6) is 11.5 Å². The summed E-state index contributed by atoms with van der Waals surface area (Å²) in [7, 11) is 0. The van der Waals surface area contributed by atoms with Crippen molar-refractivity contribution in [2.45, 2.75) is 58.4 Å². The average Bonchev–Trinajstić information content (AvgIpc) is 3.21. The number of hydrogen-bond acceptors (Lipinski definition) is 12. The Morgan fingerprint density at radius 1 is 0.780 bits per heavy atom. The van der Waals surface area contributed by atoms with Crippen LogP contribution >= 0.6 is 0 Å². The van der Waals surface area contributed by atoms with Gasteiger partial charge in [0, 0.05) is 27.7 Å². The lowest BCUT2D eigenvalue weighted by Crippen LogP contribution is -2.63. The van der Waals surface area contributed by atoms with Crippen molar-refractivity contribution in [3.05, 3.63) is 65.4 Å². The second-order valence-corrected chi connectivity index (χ2v) is 9.19. The van der Waals surface area contributed by atoms with Crippen LogP contribution in [-0.4, -0.2) is 67.0 Å². The van der Waals surface area contributed by atoms with Gasteiger partial charge in [0.2, 0.25) is 18.2 Å². The van der Waals surface area contributed by atoms with Gasteiger partial charge in [-0.1, -0.05) is 24.3 Å². The maximum absolute atomic E-state index is 12.6. The van der Waals surface area contributed by atoms with Crippen LogP contribution in [0, 0.1) is 0 Å². The van der Waals surface area contributed by atoms with Gasteiger partial charge in [-0.2, -0.15) is 0 Å². The first-order chi connectivity index (χ1) is 19.5. The standard InChI is InChI=1S/C29H28O12/c1-15(30)35-14-24-26(36-16(2)31)27(37-17(3)32)28(38-18(4)33)29(41-24)39-20-11-9-19(10-12-20)13-23-25(34)21-7-5-6-8-22(21)40-23/h5-13,24,26-29H,14H2,1-4H3/b23-13-. The zero-order valence-electron chi connectivity index (χ0n) is 22.7. The smallest absolute Gasteiger partial charge is 0.303 e. The second kappa shape index (κ2) is 12.6. The minimum atomic E-state index is -1.37. The summed E-state index contributed by atoms with van der Waals surface area (Å²) in [6.45, 7) is 4.22. The van der Waals surface area contributed by atoms with Crippen molar-refractivity contribution < 1.29 is 57.1 Å². The highest BCUT2D eigenvalue weighted by Gasteiger charge is 2.53. The molecule has 2 aromatic rings. The summed E-state index contributed by atoms with van der Waals surface area (Å²) in [5.41, 5.74) is 1.11. The highest BCUT2D eigenvalue weighted by Crippen LogP contribution is 2.33. The van der Waals surface area contributed by atoms with Crippen molar-refractivity contribution in [2.24, 2.45) is 0 Å². The largest absolute Gasteiger partial charge is 0.463 e. The van der Waals surface area contributed by atoms with E-state index >= 15 is 0 Å². The van der Waals surface area contributed by atoms with E-state index in [0.29, 0.717) is 16.9 Å². The summed E-state index contributed by atoms with van der Waals surface area (Å²) in [4.78, 5) is 59.9. The first-order valence-corrected chi connectivity index (χ1v) is 12.6. The normalized spacial score (nSPS) is 24.0. The van der Waals surface area contributed by atoms with Crippen LogP contribution in [0.3, 0.4) is 0 Å². The van der Waals surface area contributed by atoms with E-state index < -0.39 is 54.6 Å². The predicted molar refractivity (Wildman–Crippen MR) is 138 cm³/mol. The molecule has 0 aromatic heterocycles. The van der Waals surface area contributed by atoms with Crippen molar-refractivity contribution in [2.75, 3.05) is 6.61 Å². The maximum Gasteiger partial charge on any atom is 0.303 e. The molecule has 1 fully saturated rings. The molecule has 0 spiro atoms. The molecular weight excluding hydrogens is 540 g/mol. The molecule has 1 saturated heterocycles. The van der Waals surface area contributed by atoms with Crippen molar-refractivity contribution in [1.82, 2.24) is 0 Å². The van der Waals surface area contributed by atoms with Crippen molar-refractivity contribution in [1.29, 1.82) is 0 Å². The number of ether oxygens (including phenoxy) is 7. The second-order valence-electron chi connectivity index (χ2n) is 9.19. The van der Waals surface area contributed by atoms with E-state index in [1.54, 1.807) is 54.6 Å². The maximum atomic E-state index is 12.6. The monoisotopic (exact) mass is 568 g/mol. The lowest BCUT2D eigenvalue weighted by atomic mass is 9.98. The number of allylic oxidation sites excluding steroid dienone is 1. The van der Waals surface area contributed by atoms with Gasteiger partial charge in [-0.15, -0.1) is 0 Å². The van der Waals surface area contributed by atoms with Crippen LogP contribution in [0.15, 0.2) is 54.3 Å². The molecule has 4 rings (SSSR count). The topological polar surface area (TPSA) is 150 Å². The number of fused-ring (bicyclic) bond motifs is 1. The number of hydrogen-bond donors (Lipinski definition) is 0. The number of rotatable bonds is 8. The van der Waals surface area contributed by atoms with Gasteiger partial charge in [-0.3, -0.25) is 24.0 Å². The quantitative estimate of drug-likeness (QED) is 0.262. The van der Waals surface area contributed by atoms with Gasteiger partial charge in [-0.05, 0) is 35.9 Å². The molecule has 5 unspecified atom stereocenters. The van der Waals surface area contributed by atoms with Gasteiger partial charge in [0.05, 0.1) is 5.56 Å². The number of esters is 4. The summed E-state index contributed by atoms with van der Waals surface area (Å²) in [6, 6.07) is 13.4. The summed E-state index contributed by atoms with van der Waals surface area (Å²) in [6.07, 6.45) is -4.92. The molecule has 2 aromatic carbocycles. The molecular formula is C29H28O12. The first-order valence-electron chi connectivity index (χ1n) is 12.6. The van der Waals surface area contributed by atoms with Crippen molar-refractivity contribution in [3.63, 3.8) is 0 Å². The van der Waals surface area contributed by atoms with E-state index in [2.05, 4.69) is 0 Å². The third-order valence-electron chi connectivity index (χ3n) is 5.95. The highest BCUT2D eigenvalue weighted by atomic mass is 16.7. The molecule has 0 radical (unpaired) electrons. The lowest BCUT2D eigenvalue weighted by molar-refractivity contribution is -0.288. The van der Waals surface area contributed by atoms with E-state index in [1.165, 1.54) is 6.92 Å². The number of carbonyl (C=O) groups is 5. The minimum Gasteiger partial charge on any atom is -0.463 e. The number of benzene rings is 2. The molecule has 5 atom stereocenters.